The van der Waals surface area contributed by atoms with Crippen molar-refractivity contribution in [2.75, 3.05) is 26.2 Å². The Bertz CT molecular complexity index is 695. The summed E-state index contributed by atoms with van der Waals surface area (Å²) in [4.78, 5) is 16.9. The molecule has 0 radical (unpaired) electrons. The fourth-order valence-electron chi connectivity index (χ4n) is 2.88. The van der Waals surface area contributed by atoms with E-state index in [0.717, 1.165) is 42.2 Å². The molecule has 5 nitrogen and oxygen atoms in total. The lowest BCUT2D eigenvalue weighted by Gasteiger charge is -2.36. The maximum atomic E-state index is 12.6. The third-order valence-corrected chi connectivity index (χ3v) is 4.99. The molecule has 24 heavy (non-hydrogen) atoms. The highest BCUT2D eigenvalue weighted by atomic mass is 79.9. The first-order valence-electron chi connectivity index (χ1n) is 7.98. The third kappa shape index (κ3) is 4.18. The van der Waals surface area contributed by atoms with Crippen LogP contribution >= 0.6 is 27.5 Å². The number of amides is 1. The van der Waals surface area contributed by atoms with E-state index in [4.69, 9.17) is 11.6 Å². The number of nitrogens with zero attached hydrogens (tertiary/aromatic N) is 4. The molecule has 0 aliphatic carbocycles. The van der Waals surface area contributed by atoms with Gasteiger partial charge in [-0.15, -0.1) is 0 Å². The van der Waals surface area contributed by atoms with Crippen molar-refractivity contribution < 1.29 is 4.79 Å². The molecular weight excluding hydrogens is 392 g/mol. The van der Waals surface area contributed by atoms with Crippen molar-refractivity contribution in [3.05, 3.63) is 51.7 Å². The van der Waals surface area contributed by atoms with E-state index in [9.17, 15) is 4.79 Å². The largest absolute Gasteiger partial charge is 0.338 e. The minimum atomic E-state index is -0.279. The van der Waals surface area contributed by atoms with Crippen molar-refractivity contribution >= 4 is 33.4 Å². The maximum absolute atomic E-state index is 12.6. The van der Waals surface area contributed by atoms with Gasteiger partial charge in [-0.05, 0) is 40.5 Å². The van der Waals surface area contributed by atoms with Gasteiger partial charge in [0.25, 0.3) is 0 Å². The van der Waals surface area contributed by atoms with Crippen LogP contribution in [0.4, 0.5) is 0 Å². The normalized spacial score (nSPS) is 17.0. The number of halogens is 2. The number of carbonyl (C=O) groups is 1. The van der Waals surface area contributed by atoms with Gasteiger partial charge in [0, 0.05) is 43.9 Å². The van der Waals surface area contributed by atoms with E-state index in [-0.39, 0.29) is 11.9 Å². The molecule has 1 atom stereocenters. The van der Waals surface area contributed by atoms with Gasteiger partial charge >= 0.3 is 0 Å². The highest BCUT2D eigenvalue weighted by Crippen LogP contribution is 2.17. The predicted octanol–water partition coefficient (Wildman–Crippen LogP) is 3.20. The topological polar surface area (TPSA) is 41.4 Å². The molecule has 128 valence electrons. The van der Waals surface area contributed by atoms with Crippen LogP contribution in [0.5, 0.6) is 0 Å². The Morgan fingerprint density at radius 1 is 1.25 bits per heavy atom. The van der Waals surface area contributed by atoms with Crippen molar-refractivity contribution in [1.82, 2.24) is 19.6 Å². The number of aromatic nitrogens is 2. The van der Waals surface area contributed by atoms with Crippen LogP contribution in [0.1, 0.15) is 18.5 Å². The Morgan fingerprint density at radius 3 is 2.50 bits per heavy atom. The molecule has 1 fully saturated rings. The summed E-state index contributed by atoms with van der Waals surface area (Å²) in [5, 5.41) is 4.97. The minimum absolute atomic E-state index is 0.122. The van der Waals surface area contributed by atoms with Crippen molar-refractivity contribution in [2.45, 2.75) is 19.5 Å². The van der Waals surface area contributed by atoms with Crippen LogP contribution in [0.15, 0.2) is 41.1 Å². The van der Waals surface area contributed by atoms with Gasteiger partial charge in [-0.2, -0.15) is 5.10 Å². The van der Waals surface area contributed by atoms with Gasteiger partial charge in [0.15, 0.2) is 0 Å². The molecule has 1 aromatic carbocycles. The van der Waals surface area contributed by atoms with Crippen LogP contribution in [-0.4, -0.2) is 51.7 Å². The Kier molecular flexibility index (Phi) is 5.58. The van der Waals surface area contributed by atoms with E-state index in [1.54, 1.807) is 10.9 Å². The fourth-order valence-corrected chi connectivity index (χ4v) is 3.31. The van der Waals surface area contributed by atoms with Crippen molar-refractivity contribution in [2.24, 2.45) is 0 Å². The molecule has 7 heteroatoms. The van der Waals surface area contributed by atoms with Crippen LogP contribution in [0.2, 0.25) is 5.02 Å². The molecule has 1 aliphatic rings. The van der Waals surface area contributed by atoms with Crippen LogP contribution in [0.3, 0.4) is 0 Å². The van der Waals surface area contributed by atoms with Gasteiger partial charge in [0.1, 0.15) is 6.04 Å². The molecule has 0 saturated carbocycles. The average Bonchev–Trinajstić information content (AvgIpc) is 3.03. The fraction of sp³-hybridized carbons (Fsp3) is 0.412. The molecule has 0 spiro atoms. The number of rotatable bonds is 4. The summed E-state index contributed by atoms with van der Waals surface area (Å²) in [5.41, 5.74) is 1.24. The number of hydrogen-bond acceptors (Lipinski definition) is 3. The van der Waals surface area contributed by atoms with Gasteiger partial charge in [-0.1, -0.05) is 23.7 Å². The predicted molar refractivity (Wildman–Crippen MR) is 97.9 cm³/mol. The minimum Gasteiger partial charge on any atom is -0.338 e. The Morgan fingerprint density at radius 2 is 1.92 bits per heavy atom. The quantitative estimate of drug-likeness (QED) is 0.776. The van der Waals surface area contributed by atoms with Crippen molar-refractivity contribution in [3.8, 4) is 0 Å². The zero-order valence-corrected chi connectivity index (χ0v) is 15.9. The second kappa shape index (κ2) is 7.68. The molecule has 1 aliphatic heterocycles. The summed E-state index contributed by atoms with van der Waals surface area (Å²) in [6, 6.07) is 7.66. The van der Waals surface area contributed by atoms with E-state index < -0.39 is 0 Å². The standard InChI is InChI=1S/C17H20BrClN4O/c1-13(23-12-15(18)10-20-23)17(24)22-8-6-21(7-9-22)11-14-2-4-16(19)5-3-14/h2-5,10,12-13H,6-9,11H2,1H3. The lowest BCUT2D eigenvalue weighted by molar-refractivity contribution is -0.136. The van der Waals surface area contributed by atoms with Crippen LogP contribution in [0, 0.1) is 0 Å². The number of piperazine rings is 1. The summed E-state index contributed by atoms with van der Waals surface area (Å²) in [7, 11) is 0. The Hall–Kier alpha value is -1.37. The summed E-state index contributed by atoms with van der Waals surface area (Å²) in [6.45, 7) is 6.04. The second-order valence-electron chi connectivity index (χ2n) is 6.04. The summed E-state index contributed by atoms with van der Waals surface area (Å²) < 4.78 is 2.59. The zero-order valence-electron chi connectivity index (χ0n) is 13.5. The van der Waals surface area contributed by atoms with Gasteiger partial charge in [-0.25, -0.2) is 0 Å². The molecule has 0 N–H and O–H groups in total. The molecule has 2 heterocycles. The zero-order chi connectivity index (χ0) is 17.1. The van der Waals surface area contributed by atoms with E-state index in [1.807, 2.05) is 30.2 Å². The van der Waals surface area contributed by atoms with Crippen molar-refractivity contribution in [3.63, 3.8) is 0 Å². The van der Waals surface area contributed by atoms with Gasteiger partial charge in [0.2, 0.25) is 5.91 Å². The number of hydrogen-bond donors (Lipinski definition) is 0. The van der Waals surface area contributed by atoms with Gasteiger partial charge < -0.3 is 4.90 Å². The average molecular weight is 412 g/mol. The van der Waals surface area contributed by atoms with Crippen LogP contribution < -0.4 is 0 Å². The van der Waals surface area contributed by atoms with Crippen molar-refractivity contribution in [1.29, 1.82) is 0 Å². The first kappa shape index (κ1) is 17.5. The van der Waals surface area contributed by atoms with E-state index in [0.29, 0.717) is 0 Å². The Labute approximate surface area is 155 Å². The van der Waals surface area contributed by atoms with E-state index in [1.165, 1.54) is 5.56 Å². The van der Waals surface area contributed by atoms with Crippen LogP contribution in [-0.2, 0) is 11.3 Å². The first-order valence-corrected chi connectivity index (χ1v) is 9.15. The number of benzene rings is 1. The van der Waals surface area contributed by atoms with E-state index >= 15 is 0 Å². The molecule has 1 saturated heterocycles. The van der Waals surface area contributed by atoms with Gasteiger partial charge in [0.05, 0.1) is 10.7 Å². The van der Waals surface area contributed by atoms with Gasteiger partial charge in [-0.3, -0.25) is 14.4 Å². The molecular formula is C17H20BrClN4O. The monoisotopic (exact) mass is 410 g/mol. The smallest absolute Gasteiger partial charge is 0.247 e. The Balaban J connectivity index is 1.52. The SMILES string of the molecule is CC(C(=O)N1CCN(Cc2ccc(Cl)cc2)CC1)n1cc(Br)cn1. The summed E-state index contributed by atoms with van der Waals surface area (Å²) in [5.74, 6) is 0.122. The molecule has 1 unspecified atom stereocenters. The highest BCUT2D eigenvalue weighted by molar-refractivity contribution is 9.10. The molecule has 1 aromatic heterocycles. The lowest BCUT2D eigenvalue weighted by Crippen LogP contribution is -2.49. The summed E-state index contributed by atoms with van der Waals surface area (Å²) >= 11 is 9.29. The molecule has 2 aromatic rings. The lowest BCUT2D eigenvalue weighted by atomic mass is 10.2. The number of carbonyl (C=O) groups excluding carboxylic acids is 1. The first-order chi connectivity index (χ1) is 11.5. The maximum Gasteiger partial charge on any atom is 0.247 e. The van der Waals surface area contributed by atoms with E-state index in [2.05, 4.69) is 38.1 Å². The summed E-state index contributed by atoms with van der Waals surface area (Å²) in [6.07, 6.45) is 3.53. The molecule has 0 bridgehead atoms. The second-order valence-corrected chi connectivity index (χ2v) is 7.39. The highest BCUT2D eigenvalue weighted by Gasteiger charge is 2.26. The third-order valence-electron chi connectivity index (χ3n) is 4.33. The molecule has 3 rings (SSSR count). The molecule has 1 amide bonds. The van der Waals surface area contributed by atoms with Crippen LogP contribution in [0.25, 0.3) is 0 Å².